The van der Waals surface area contributed by atoms with E-state index < -0.39 is 5.41 Å². The smallest absolute Gasteiger partial charge is 0.277 e. The van der Waals surface area contributed by atoms with Crippen LogP contribution in [-0.2, 0) is 24.1 Å². The van der Waals surface area contributed by atoms with Crippen molar-refractivity contribution in [3.63, 3.8) is 0 Å². The van der Waals surface area contributed by atoms with Crippen LogP contribution >= 0.6 is 0 Å². The van der Waals surface area contributed by atoms with Gasteiger partial charge in [0, 0.05) is 29.7 Å². The third-order valence-electron chi connectivity index (χ3n) is 7.59. The lowest BCUT2D eigenvalue weighted by Crippen LogP contribution is -2.34. The van der Waals surface area contributed by atoms with Crippen LogP contribution in [0, 0.1) is 11.2 Å². The van der Waals surface area contributed by atoms with Gasteiger partial charge in [0.05, 0.1) is 5.41 Å². The molecule has 1 aliphatic carbocycles. The maximum atomic E-state index is 13.6. The third-order valence-corrected chi connectivity index (χ3v) is 7.59. The Balaban J connectivity index is 1.22. The molecule has 0 fully saturated rings. The van der Waals surface area contributed by atoms with E-state index in [-0.39, 0.29) is 23.3 Å². The highest BCUT2D eigenvalue weighted by Crippen LogP contribution is 2.48. The first-order valence-electron chi connectivity index (χ1n) is 12.5. The van der Waals surface area contributed by atoms with Gasteiger partial charge in [0.2, 0.25) is 5.91 Å². The number of fused-ring (bicyclic) bond motifs is 2. The van der Waals surface area contributed by atoms with Gasteiger partial charge >= 0.3 is 0 Å². The van der Waals surface area contributed by atoms with Crippen LogP contribution in [0.3, 0.4) is 0 Å². The molecule has 1 aromatic heterocycles. The molecule has 38 heavy (non-hydrogen) atoms. The quantitative estimate of drug-likeness (QED) is 0.485. The number of allylic oxidation sites excluding steroid dienone is 4. The van der Waals surface area contributed by atoms with E-state index in [0.29, 0.717) is 37.3 Å². The van der Waals surface area contributed by atoms with Crippen molar-refractivity contribution >= 4 is 29.0 Å². The van der Waals surface area contributed by atoms with E-state index >= 15 is 0 Å². The first-order valence-corrected chi connectivity index (χ1v) is 12.5. The Labute approximate surface area is 219 Å². The second-order valence-corrected chi connectivity index (χ2v) is 9.90. The second kappa shape index (κ2) is 9.06. The van der Waals surface area contributed by atoms with Crippen molar-refractivity contribution in [3.05, 3.63) is 113 Å². The number of halogens is 1. The number of benzene rings is 2. The van der Waals surface area contributed by atoms with Gasteiger partial charge in [-0.1, -0.05) is 30.9 Å². The number of carbonyl (C=O) groups excluding carboxylic acids is 2. The van der Waals surface area contributed by atoms with E-state index in [2.05, 4.69) is 27.2 Å². The van der Waals surface area contributed by atoms with Crippen LogP contribution in [0.15, 0.2) is 84.9 Å². The zero-order chi connectivity index (χ0) is 26.4. The largest absolute Gasteiger partial charge is 0.340 e. The van der Waals surface area contributed by atoms with Gasteiger partial charge in [0.1, 0.15) is 23.7 Å². The molecule has 1 spiro atoms. The van der Waals surface area contributed by atoms with E-state index in [1.807, 2.05) is 37.3 Å². The van der Waals surface area contributed by atoms with Crippen molar-refractivity contribution < 1.29 is 14.0 Å². The standard InChI is InChI=1S/C30H26FN5O2/c1-3-4-5-24-18(2)34-29(38)30(24)15-20-6-8-23(13-21(20)16-30)35-27-14-25(32-17-33-27)28(37)36-11-10-19-12-22(31)7-9-26(19)36/h3-9,12-14,17H,1,10-11,15-16H2,2H3,(H,34,38)(H,32,33,35)/b5-4-. The molecule has 1 unspecified atom stereocenters. The summed E-state index contributed by atoms with van der Waals surface area (Å²) in [6.07, 6.45) is 8.74. The number of nitrogens with zero attached hydrogens (tertiary/aromatic N) is 3. The average Bonchev–Trinajstić information content (AvgIpc) is 3.56. The third kappa shape index (κ3) is 3.89. The van der Waals surface area contributed by atoms with Crippen LogP contribution in [0.1, 0.15) is 34.1 Å². The normalized spacial score (nSPS) is 19.7. The Bertz CT molecular complexity index is 1580. The van der Waals surface area contributed by atoms with Crippen molar-refractivity contribution in [1.82, 2.24) is 15.3 Å². The first kappa shape index (κ1) is 23.8. The molecule has 3 aromatic rings. The highest BCUT2D eigenvalue weighted by atomic mass is 19.1. The van der Waals surface area contributed by atoms with Gasteiger partial charge in [-0.05, 0) is 78.8 Å². The van der Waals surface area contributed by atoms with Crippen LogP contribution in [-0.4, -0.2) is 28.3 Å². The Morgan fingerprint density at radius 3 is 2.82 bits per heavy atom. The number of hydrogen-bond acceptors (Lipinski definition) is 5. The monoisotopic (exact) mass is 507 g/mol. The molecule has 0 saturated heterocycles. The van der Waals surface area contributed by atoms with Crippen molar-refractivity contribution in [2.45, 2.75) is 26.2 Å². The number of hydrogen-bond donors (Lipinski definition) is 2. The van der Waals surface area contributed by atoms with E-state index in [9.17, 15) is 14.0 Å². The lowest BCUT2D eigenvalue weighted by Gasteiger charge is -2.22. The average molecular weight is 508 g/mol. The summed E-state index contributed by atoms with van der Waals surface area (Å²) in [5.74, 6) is -0.0599. The first-order chi connectivity index (χ1) is 18.4. The molecule has 190 valence electrons. The predicted molar refractivity (Wildman–Crippen MR) is 144 cm³/mol. The fraction of sp³-hybridized carbons (Fsp3) is 0.200. The van der Waals surface area contributed by atoms with Crippen LogP contribution in [0.25, 0.3) is 0 Å². The minimum atomic E-state index is -0.617. The zero-order valence-corrected chi connectivity index (χ0v) is 20.9. The summed E-state index contributed by atoms with van der Waals surface area (Å²) in [5, 5.41) is 6.29. The molecule has 3 aliphatic rings. The number of rotatable bonds is 5. The van der Waals surface area contributed by atoms with Crippen LogP contribution in [0.2, 0.25) is 0 Å². The molecule has 1 atom stereocenters. The van der Waals surface area contributed by atoms with Crippen molar-refractivity contribution in [1.29, 1.82) is 0 Å². The van der Waals surface area contributed by atoms with Gasteiger partial charge in [0.25, 0.3) is 5.91 Å². The van der Waals surface area contributed by atoms with Gasteiger partial charge in [-0.3, -0.25) is 9.59 Å². The van der Waals surface area contributed by atoms with E-state index in [1.54, 1.807) is 23.1 Å². The summed E-state index contributed by atoms with van der Waals surface area (Å²) < 4.78 is 13.6. The van der Waals surface area contributed by atoms with Gasteiger partial charge in [-0.2, -0.15) is 0 Å². The number of amides is 2. The van der Waals surface area contributed by atoms with E-state index in [0.717, 1.165) is 33.6 Å². The predicted octanol–water partition coefficient (Wildman–Crippen LogP) is 4.79. The van der Waals surface area contributed by atoms with Gasteiger partial charge in [-0.15, -0.1) is 0 Å². The lowest BCUT2D eigenvalue weighted by atomic mass is 9.78. The number of carbonyl (C=O) groups is 2. The molecule has 8 heteroatoms. The summed E-state index contributed by atoms with van der Waals surface area (Å²) in [4.78, 5) is 36.4. The lowest BCUT2D eigenvalue weighted by molar-refractivity contribution is -0.126. The Morgan fingerprint density at radius 1 is 1.13 bits per heavy atom. The Kier molecular flexibility index (Phi) is 5.67. The van der Waals surface area contributed by atoms with E-state index in [1.165, 1.54) is 18.5 Å². The number of anilines is 3. The van der Waals surface area contributed by atoms with Crippen LogP contribution < -0.4 is 15.5 Å². The van der Waals surface area contributed by atoms with Gasteiger partial charge in [0.15, 0.2) is 0 Å². The topological polar surface area (TPSA) is 87.2 Å². The Hall–Kier alpha value is -4.59. The Morgan fingerprint density at radius 2 is 1.97 bits per heavy atom. The molecule has 2 aromatic carbocycles. The maximum Gasteiger partial charge on any atom is 0.277 e. The van der Waals surface area contributed by atoms with Crippen molar-refractivity contribution in [2.75, 3.05) is 16.8 Å². The SMILES string of the molecule is C=C/C=C\C1=C(C)NC(=O)C12Cc1ccc(Nc3cc(C(=O)N4CCc5cc(F)ccc54)ncn3)cc1C2. The summed E-state index contributed by atoms with van der Waals surface area (Å²) >= 11 is 0. The van der Waals surface area contributed by atoms with Crippen molar-refractivity contribution in [2.24, 2.45) is 5.41 Å². The molecule has 0 bridgehead atoms. The molecule has 2 aliphatic heterocycles. The molecule has 7 nitrogen and oxygen atoms in total. The van der Waals surface area contributed by atoms with Gasteiger partial charge in [-0.25, -0.2) is 14.4 Å². The zero-order valence-electron chi connectivity index (χ0n) is 20.9. The number of aromatic nitrogens is 2. The van der Waals surface area contributed by atoms with Crippen molar-refractivity contribution in [3.8, 4) is 0 Å². The summed E-state index contributed by atoms with van der Waals surface area (Å²) in [7, 11) is 0. The molecule has 6 rings (SSSR count). The molecule has 2 amide bonds. The summed E-state index contributed by atoms with van der Waals surface area (Å²) in [6.45, 7) is 6.16. The molecular weight excluding hydrogens is 481 g/mol. The fourth-order valence-corrected chi connectivity index (χ4v) is 5.80. The number of nitrogens with one attached hydrogen (secondary N) is 2. The van der Waals surface area contributed by atoms with Gasteiger partial charge < -0.3 is 15.5 Å². The molecule has 0 saturated carbocycles. The summed E-state index contributed by atoms with van der Waals surface area (Å²) in [6, 6.07) is 12.1. The summed E-state index contributed by atoms with van der Waals surface area (Å²) in [5.41, 5.74) is 6.06. The van der Waals surface area contributed by atoms with Crippen LogP contribution in [0.4, 0.5) is 21.6 Å². The highest BCUT2D eigenvalue weighted by Gasteiger charge is 2.50. The molecule has 0 radical (unpaired) electrons. The highest BCUT2D eigenvalue weighted by molar-refractivity contribution is 6.06. The van der Waals surface area contributed by atoms with Crippen LogP contribution in [0.5, 0.6) is 0 Å². The molecular formula is C30H26FN5O2. The second-order valence-electron chi connectivity index (χ2n) is 9.90. The maximum absolute atomic E-state index is 13.6. The molecule has 3 heterocycles. The fourth-order valence-electron chi connectivity index (χ4n) is 5.80. The van der Waals surface area contributed by atoms with E-state index in [4.69, 9.17) is 0 Å². The minimum absolute atomic E-state index is 0.0228. The molecule has 2 N–H and O–H groups in total. The minimum Gasteiger partial charge on any atom is -0.340 e.